The van der Waals surface area contributed by atoms with Crippen LogP contribution in [0.15, 0.2) is 12.4 Å². The molecular weight excluding hydrogens is 213 g/mol. The molecule has 7 heteroatoms. The highest BCUT2D eigenvalue weighted by atomic mass is 19.1. The highest BCUT2D eigenvalue weighted by Crippen LogP contribution is 1.96. The van der Waals surface area contributed by atoms with Crippen molar-refractivity contribution in [3.63, 3.8) is 0 Å². The zero-order valence-corrected chi connectivity index (χ0v) is 9.20. The number of carbonyl (C=O) groups excluding carboxylic acids is 1. The van der Waals surface area contributed by atoms with E-state index in [1.165, 1.54) is 4.90 Å². The van der Waals surface area contributed by atoms with Gasteiger partial charge in [-0.2, -0.15) is 0 Å². The van der Waals surface area contributed by atoms with Crippen molar-refractivity contribution >= 4 is 12.0 Å². The number of amides is 2. The minimum Gasteiger partial charge on any atom is -0.352 e. The molecule has 2 N–H and O–H groups in total. The van der Waals surface area contributed by atoms with Crippen LogP contribution in [0.1, 0.15) is 0 Å². The van der Waals surface area contributed by atoms with E-state index in [0.29, 0.717) is 19.0 Å². The van der Waals surface area contributed by atoms with E-state index in [9.17, 15) is 9.18 Å². The van der Waals surface area contributed by atoms with Crippen LogP contribution in [-0.4, -0.2) is 48.1 Å². The summed E-state index contributed by atoms with van der Waals surface area (Å²) in [5.74, 6) is -0.146. The Hall–Kier alpha value is -1.92. The molecule has 0 unspecified atom stereocenters. The Morgan fingerprint density at radius 3 is 2.56 bits per heavy atom. The van der Waals surface area contributed by atoms with E-state index in [1.807, 2.05) is 0 Å². The Bertz CT molecular complexity index is 340. The van der Waals surface area contributed by atoms with Gasteiger partial charge in [0.05, 0.1) is 12.4 Å². The lowest BCUT2D eigenvalue weighted by Crippen LogP contribution is -2.37. The Morgan fingerprint density at radius 1 is 1.38 bits per heavy atom. The van der Waals surface area contributed by atoms with Crippen molar-refractivity contribution in [2.24, 2.45) is 0 Å². The lowest BCUT2D eigenvalue weighted by molar-refractivity contribution is 0.218. The van der Waals surface area contributed by atoms with Crippen LogP contribution in [-0.2, 0) is 0 Å². The monoisotopic (exact) mass is 227 g/mol. The van der Waals surface area contributed by atoms with E-state index in [4.69, 9.17) is 0 Å². The Kier molecular flexibility index (Phi) is 4.43. The van der Waals surface area contributed by atoms with Gasteiger partial charge in [0.15, 0.2) is 5.82 Å². The predicted octanol–water partition coefficient (Wildman–Crippen LogP) is 0.299. The van der Waals surface area contributed by atoms with Crippen molar-refractivity contribution in [1.29, 1.82) is 0 Å². The number of carbonyl (C=O) groups is 1. The van der Waals surface area contributed by atoms with Gasteiger partial charge in [-0.05, 0) is 0 Å². The molecule has 0 aliphatic heterocycles. The molecule has 0 bridgehead atoms. The molecule has 1 aromatic rings. The lowest BCUT2D eigenvalue weighted by Gasteiger charge is -2.11. The van der Waals surface area contributed by atoms with Crippen molar-refractivity contribution in [3.8, 4) is 0 Å². The Morgan fingerprint density at radius 2 is 2.00 bits per heavy atom. The first-order chi connectivity index (χ1) is 7.59. The number of nitrogens with one attached hydrogen (secondary N) is 2. The average molecular weight is 227 g/mol. The molecule has 1 heterocycles. The van der Waals surface area contributed by atoms with Crippen LogP contribution in [0.25, 0.3) is 0 Å². The van der Waals surface area contributed by atoms with Crippen LogP contribution < -0.4 is 10.6 Å². The molecule has 6 nitrogen and oxygen atoms in total. The third-order valence-electron chi connectivity index (χ3n) is 1.71. The summed E-state index contributed by atoms with van der Waals surface area (Å²) in [6.45, 7) is 0.920. The van der Waals surface area contributed by atoms with Crippen LogP contribution in [0.3, 0.4) is 0 Å². The largest absolute Gasteiger partial charge is 0.352 e. The van der Waals surface area contributed by atoms with Crippen LogP contribution in [0, 0.1) is 5.82 Å². The van der Waals surface area contributed by atoms with E-state index in [2.05, 4.69) is 20.6 Å². The Balaban J connectivity index is 2.21. The maximum absolute atomic E-state index is 12.5. The van der Waals surface area contributed by atoms with Gasteiger partial charge in [-0.1, -0.05) is 0 Å². The van der Waals surface area contributed by atoms with E-state index >= 15 is 0 Å². The van der Waals surface area contributed by atoms with E-state index in [0.717, 1.165) is 12.4 Å². The van der Waals surface area contributed by atoms with Gasteiger partial charge >= 0.3 is 6.03 Å². The molecule has 0 saturated carbocycles. The first kappa shape index (κ1) is 12.2. The SMILES string of the molecule is CN(C)C(=O)NCCNc1ncc(F)cn1. The second-order valence-corrected chi connectivity index (χ2v) is 3.28. The fourth-order valence-corrected chi connectivity index (χ4v) is 0.905. The minimum atomic E-state index is -0.480. The molecule has 2 amide bonds. The van der Waals surface area contributed by atoms with Crippen LogP contribution in [0.4, 0.5) is 15.1 Å². The molecule has 16 heavy (non-hydrogen) atoms. The molecule has 1 rings (SSSR count). The lowest BCUT2D eigenvalue weighted by atomic mass is 10.6. The van der Waals surface area contributed by atoms with Gasteiger partial charge in [0.25, 0.3) is 0 Å². The fourth-order valence-electron chi connectivity index (χ4n) is 0.905. The van der Waals surface area contributed by atoms with Gasteiger partial charge in [-0.15, -0.1) is 0 Å². The quantitative estimate of drug-likeness (QED) is 0.726. The van der Waals surface area contributed by atoms with E-state index in [-0.39, 0.29) is 6.03 Å². The summed E-state index contributed by atoms with van der Waals surface area (Å²) in [4.78, 5) is 20.0. The smallest absolute Gasteiger partial charge is 0.316 e. The van der Waals surface area contributed by atoms with Crippen LogP contribution in [0.2, 0.25) is 0 Å². The van der Waals surface area contributed by atoms with Gasteiger partial charge in [0.1, 0.15) is 0 Å². The number of anilines is 1. The maximum Gasteiger partial charge on any atom is 0.316 e. The second-order valence-electron chi connectivity index (χ2n) is 3.28. The molecule has 88 valence electrons. The van der Waals surface area contributed by atoms with Gasteiger partial charge in [-0.25, -0.2) is 19.2 Å². The minimum absolute atomic E-state index is 0.165. The normalized spacial score (nSPS) is 9.69. The number of aromatic nitrogens is 2. The third kappa shape index (κ3) is 4.07. The summed E-state index contributed by atoms with van der Waals surface area (Å²) in [6.07, 6.45) is 2.15. The third-order valence-corrected chi connectivity index (χ3v) is 1.71. The number of urea groups is 1. The zero-order valence-electron chi connectivity index (χ0n) is 9.20. The molecule has 0 radical (unpaired) electrons. The average Bonchev–Trinajstić information content (AvgIpc) is 2.26. The molecule has 0 aliphatic rings. The standard InChI is InChI=1S/C9H14FN5O/c1-15(2)9(16)12-4-3-11-8-13-5-7(10)6-14-8/h5-6H,3-4H2,1-2H3,(H,12,16)(H,11,13,14). The summed E-state index contributed by atoms with van der Waals surface area (Å²) in [5, 5.41) is 5.50. The molecule has 0 atom stereocenters. The molecule has 0 aliphatic carbocycles. The molecule has 0 fully saturated rings. The summed E-state index contributed by atoms with van der Waals surface area (Å²) in [6, 6.07) is -0.165. The van der Waals surface area contributed by atoms with E-state index < -0.39 is 5.82 Å². The van der Waals surface area contributed by atoms with Gasteiger partial charge < -0.3 is 15.5 Å². The van der Waals surface area contributed by atoms with Crippen molar-refractivity contribution in [3.05, 3.63) is 18.2 Å². The van der Waals surface area contributed by atoms with E-state index in [1.54, 1.807) is 14.1 Å². The Labute approximate surface area is 92.9 Å². The first-order valence-corrected chi connectivity index (χ1v) is 4.76. The van der Waals surface area contributed by atoms with Crippen LogP contribution >= 0.6 is 0 Å². The van der Waals surface area contributed by atoms with Gasteiger partial charge in [-0.3, -0.25) is 0 Å². The van der Waals surface area contributed by atoms with Crippen molar-refractivity contribution in [2.75, 3.05) is 32.5 Å². The number of nitrogens with zero attached hydrogens (tertiary/aromatic N) is 3. The van der Waals surface area contributed by atoms with Gasteiger partial charge in [0, 0.05) is 27.2 Å². The highest BCUT2D eigenvalue weighted by molar-refractivity contribution is 5.73. The maximum atomic E-state index is 12.5. The highest BCUT2D eigenvalue weighted by Gasteiger charge is 2.01. The number of halogens is 1. The fraction of sp³-hybridized carbons (Fsp3) is 0.444. The van der Waals surface area contributed by atoms with Crippen molar-refractivity contribution in [2.45, 2.75) is 0 Å². The number of hydrogen-bond acceptors (Lipinski definition) is 4. The molecule has 0 aromatic carbocycles. The zero-order chi connectivity index (χ0) is 12.0. The predicted molar refractivity (Wildman–Crippen MR) is 57.6 cm³/mol. The molecule has 0 saturated heterocycles. The summed E-state index contributed by atoms with van der Waals surface area (Å²) in [7, 11) is 3.32. The summed E-state index contributed by atoms with van der Waals surface area (Å²) >= 11 is 0. The summed E-state index contributed by atoms with van der Waals surface area (Å²) < 4.78 is 12.5. The van der Waals surface area contributed by atoms with Crippen molar-refractivity contribution < 1.29 is 9.18 Å². The molecule has 1 aromatic heterocycles. The number of rotatable bonds is 4. The first-order valence-electron chi connectivity index (χ1n) is 4.76. The van der Waals surface area contributed by atoms with Crippen LogP contribution in [0.5, 0.6) is 0 Å². The van der Waals surface area contributed by atoms with Crippen molar-refractivity contribution in [1.82, 2.24) is 20.2 Å². The molecule has 0 spiro atoms. The summed E-state index contributed by atoms with van der Waals surface area (Å²) in [5.41, 5.74) is 0. The second kappa shape index (κ2) is 5.84. The van der Waals surface area contributed by atoms with Gasteiger partial charge in [0.2, 0.25) is 5.95 Å². The molecular formula is C9H14FN5O. The number of hydrogen-bond donors (Lipinski definition) is 2. The topological polar surface area (TPSA) is 70.2 Å².